The Labute approximate surface area is 193 Å². The molecule has 0 radical (unpaired) electrons. The lowest BCUT2D eigenvalue weighted by Crippen LogP contribution is -2.49. The van der Waals surface area contributed by atoms with E-state index >= 15 is 0 Å². The molecule has 1 amide bonds. The summed E-state index contributed by atoms with van der Waals surface area (Å²) in [5.41, 5.74) is 3.05. The summed E-state index contributed by atoms with van der Waals surface area (Å²) in [5, 5.41) is 8.66. The van der Waals surface area contributed by atoms with Crippen LogP contribution in [0.1, 0.15) is 23.5 Å². The molecule has 0 bridgehead atoms. The Morgan fingerprint density at radius 3 is 2.00 bits per heavy atom. The summed E-state index contributed by atoms with van der Waals surface area (Å²) >= 11 is 0. The van der Waals surface area contributed by atoms with Gasteiger partial charge in [-0.2, -0.15) is 0 Å². The third-order valence-corrected chi connectivity index (χ3v) is 6.16. The summed E-state index contributed by atoms with van der Waals surface area (Å²) in [5.74, 6) is 1.77. The van der Waals surface area contributed by atoms with Gasteiger partial charge < -0.3 is 14.2 Å². The zero-order chi connectivity index (χ0) is 22.5. The van der Waals surface area contributed by atoms with Crippen molar-refractivity contribution in [2.75, 3.05) is 31.1 Å². The molecule has 0 N–H and O–H groups in total. The molecular formula is C27H26N4O2. The van der Waals surface area contributed by atoms with Gasteiger partial charge in [0.15, 0.2) is 11.6 Å². The van der Waals surface area contributed by atoms with Gasteiger partial charge in [-0.25, -0.2) is 0 Å². The molecule has 0 saturated carbocycles. The Bertz CT molecular complexity index is 1110. The third kappa shape index (κ3) is 4.80. The van der Waals surface area contributed by atoms with Crippen LogP contribution in [0.2, 0.25) is 0 Å². The Hall–Kier alpha value is -3.93. The highest BCUT2D eigenvalue weighted by molar-refractivity contribution is 5.78. The molecule has 1 fully saturated rings. The maximum absolute atomic E-state index is 13.2. The maximum Gasteiger partial charge on any atom is 0.223 e. The number of hydrogen-bond acceptors (Lipinski definition) is 5. The van der Waals surface area contributed by atoms with Crippen molar-refractivity contribution in [1.29, 1.82) is 0 Å². The van der Waals surface area contributed by atoms with Crippen molar-refractivity contribution in [1.82, 2.24) is 15.1 Å². The van der Waals surface area contributed by atoms with Crippen molar-refractivity contribution in [3.8, 4) is 11.5 Å². The molecule has 0 spiro atoms. The number of rotatable bonds is 6. The first-order valence-electron chi connectivity index (χ1n) is 11.3. The van der Waals surface area contributed by atoms with Gasteiger partial charge >= 0.3 is 0 Å². The lowest BCUT2D eigenvalue weighted by atomic mass is 9.88. The molecule has 1 aliphatic rings. The molecule has 6 heteroatoms. The van der Waals surface area contributed by atoms with Crippen molar-refractivity contribution < 1.29 is 9.21 Å². The average Bonchev–Trinajstić information content (AvgIpc) is 3.44. The van der Waals surface area contributed by atoms with Gasteiger partial charge in [0.05, 0.1) is 6.26 Å². The number of aromatic nitrogens is 2. The van der Waals surface area contributed by atoms with E-state index in [2.05, 4.69) is 39.4 Å². The highest BCUT2D eigenvalue weighted by Crippen LogP contribution is 2.29. The fraction of sp³-hybridized carbons (Fsp3) is 0.222. The van der Waals surface area contributed by atoms with Gasteiger partial charge in [-0.05, 0) is 35.4 Å². The fourth-order valence-corrected chi connectivity index (χ4v) is 4.34. The Kier molecular flexibility index (Phi) is 6.15. The standard InChI is InChI=1S/C27H26N4O2/c32-27(20-23(21-8-3-1-4-9-21)22-10-5-2-6-11-22)31-17-15-30(16-18-31)26-14-13-24(28-29-26)25-12-7-19-33-25/h1-14,19,23H,15-18,20H2. The Balaban J connectivity index is 1.22. The lowest BCUT2D eigenvalue weighted by Gasteiger charge is -2.36. The number of hydrogen-bond donors (Lipinski definition) is 0. The van der Waals surface area contributed by atoms with Gasteiger partial charge in [-0.1, -0.05) is 60.7 Å². The second kappa shape index (κ2) is 9.69. The minimum absolute atomic E-state index is 0.0536. The van der Waals surface area contributed by atoms with Crippen molar-refractivity contribution in [2.24, 2.45) is 0 Å². The number of anilines is 1. The zero-order valence-electron chi connectivity index (χ0n) is 18.4. The monoisotopic (exact) mass is 438 g/mol. The number of piperazine rings is 1. The van der Waals surface area contributed by atoms with Crippen molar-refractivity contribution >= 4 is 11.7 Å². The first-order chi connectivity index (χ1) is 16.3. The average molecular weight is 439 g/mol. The van der Waals surface area contributed by atoms with Crippen LogP contribution >= 0.6 is 0 Å². The minimum atomic E-state index is 0.0536. The molecule has 33 heavy (non-hydrogen) atoms. The zero-order valence-corrected chi connectivity index (χ0v) is 18.4. The number of nitrogens with zero attached hydrogens (tertiary/aromatic N) is 4. The van der Waals surface area contributed by atoms with Crippen LogP contribution in [0, 0.1) is 0 Å². The van der Waals surface area contributed by atoms with Crippen LogP contribution in [0.15, 0.2) is 95.6 Å². The predicted molar refractivity (Wildman–Crippen MR) is 128 cm³/mol. The number of furan rings is 1. The summed E-state index contributed by atoms with van der Waals surface area (Å²) in [7, 11) is 0. The van der Waals surface area contributed by atoms with Crippen LogP contribution in [0.4, 0.5) is 5.82 Å². The third-order valence-electron chi connectivity index (χ3n) is 6.16. The molecule has 2 aromatic carbocycles. The van der Waals surface area contributed by atoms with Crippen LogP contribution in [-0.4, -0.2) is 47.2 Å². The highest BCUT2D eigenvalue weighted by Gasteiger charge is 2.26. The van der Waals surface area contributed by atoms with E-state index in [4.69, 9.17) is 4.42 Å². The van der Waals surface area contributed by atoms with Crippen LogP contribution in [0.3, 0.4) is 0 Å². The molecule has 0 unspecified atom stereocenters. The van der Waals surface area contributed by atoms with E-state index in [1.54, 1.807) is 6.26 Å². The molecule has 3 heterocycles. The smallest absolute Gasteiger partial charge is 0.223 e. The lowest BCUT2D eigenvalue weighted by molar-refractivity contribution is -0.131. The maximum atomic E-state index is 13.2. The Morgan fingerprint density at radius 1 is 0.788 bits per heavy atom. The summed E-state index contributed by atoms with van der Waals surface area (Å²) in [6, 6.07) is 28.2. The fourth-order valence-electron chi connectivity index (χ4n) is 4.34. The van der Waals surface area contributed by atoms with Gasteiger partial charge in [0.1, 0.15) is 5.69 Å². The van der Waals surface area contributed by atoms with E-state index in [1.165, 1.54) is 11.1 Å². The predicted octanol–water partition coefficient (Wildman–Crippen LogP) is 4.61. The van der Waals surface area contributed by atoms with E-state index in [0.29, 0.717) is 31.0 Å². The van der Waals surface area contributed by atoms with Crippen molar-refractivity contribution in [3.63, 3.8) is 0 Å². The topological polar surface area (TPSA) is 62.5 Å². The molecule has 0 aliphatic carbocycles. The van der Waals surface area contributed by atoms with Gasteiger partial charge in [-0.3, -0.25) is 4.79 Å². The van der Waals surface area contributed by atoms with Gasteiger partial charge in [0.2, 0.25) is 5.91 Å². The van der Waals surface area contributed by atoms with Crippen LogP contribution < -0.4 is 4.90 Å². The first kappa shape index (κ1) is 20.9. The minimum Gasteiger partial charge on any atom is -0.463 e. The molecule has 2 aromatic heterocycles. The summed E-state index contributed by atoms with van der Waals surface area (Å²) in [6.07, 6.45) is 2.09. The van der Waals surface area contributed by atoms with E-state index in [0.717, 1.165) is 18.9 Å². The largest absolute Gasteiger partial charge is 0.463 e. The Morgan fingerprint density at radius 2 is 1.45 bits per heavy atom. The summed E-state index contributed by atoms with van der Waals surface area (Å²) < 4.78 is 5.38. The van der Waals surface area contributed by atoms with Gasteiger partial charge in [0, 0.05) is 38.5 Å². The summed E-state index contributed by atoms with van der Waals surface area (Å²) in [6.45, 7) is 2.83. The van der Waals surface area contributed by atoms with Gasteiger partial charge in [0.25, 0.3) is 0 Å². The van der Waals surface area contributed by atoms with E-state index < -0.39 is 0 Å². The molecule has 6 nitrogen and oxygen atoms in total. The SMILES string of the molecule is O=C(CC(c1ccccc1)c1ccccc1)N1CCN(c2ccc(-c3ccco3)nn2)CC1. The quantitative estimate of drug-likeness (QED) is 0.440. The van der Waals surface area contributed by atoms with E-state index in [-0.39, 0.29) is 11.8 Å². The number of amides is 1. The van der Waals surface area contributed by atoms with Crippen LogP contribution in [-0.2, 0) is 4.79 Å². The van der Waals surface area contributed by atoms with E-state index in [1.807, 2.05) is 65.6 Å². The second-order valence-corrected chi connectivity index (χ2v) is 8.20. The second-order valence-electron chi connectivity index (χ2n) is 8.20. The number of carbonyl (C=O) groups is 1. The van der Waals surface area contributed by atoms with Crippen molar-refractivity contribution in [2.45, 2.75) is 12.3 Å². The summed E-state index contributed by atoms with van der Waals surface area (Å²) in [4.78, 5) is 17.4. The van der Waals surface area contributed by atoms with Gasteiger partial charge in [-0.15, -0.1) is 10.2 Å². The number of carbonyl (C=O) groups excluding carboxylic acids is 1. The number of benzene rings is 2. The van der Waals surface area contributed by atoms with Crippen LogP contribution in [0.5, 0.6) is 0 Å². The molecule has 5 rings (SSSR count). The molecule has 1 saturated heterocycles. The van der Waals surface area contributed by atoms with Crippen LogP contribution in [0.25, 0.3) is 11.5 Å². The molecule has 166 valence electrons. The first-order valence-corrected chi connectivity index (χ1v) is 11.3. The highest BCUT2D eigenvalue weighted by atomic mass is 16.3. The van der Waals surface area contributed by atoms with Crippen molar-refractivity contribution in [3.05, 3.63) is 102 Å². The molecule has 1 aliphatic heterocycles. The molecular weight excluding hydrogens is 412 g/mol. The molecule has 4 aromatic rings. The van der Waals surface area contributed by atoms with E-state index in [9.17, 15) is 4.79 Å². The normalized spacial score (nSPS) is 14.0. The molecule has 0 atom stereocenters.